The van der Waals surface area contributed by atoms with Crippen molar-refractivity contribution in [1.82, 2.24) is 4.57 Å². The highest BCUT2D eigenvalue weighted by Crippen LogP contribution is 2.39. The Bertz CT molecular complexity index is 1170. The van der Waals surface area contributed by atoms with Crippen LogP contribution >= 0.6 is 34.0 Å². The lowest BCUT2D eigenvalue weighted by molar-refractivity contribution is 0.0529. The molecule has 0 aliphatic rings. The Morgan fingerprint density at radius 2 is 2.00 bits per heavy atom. The minimum atomic E-state index is -0.423. The van der Waals surface area contributed by atoms with E-state index in [9.17, 15) is 9.59 Å². The van der Waals surface area contributed by atoms with Gasteiger partial charge in [0.15, 0.2) is 0 Å². The first-order valence-electron chi connectivity index (χ1n) is 9.23. The number of hydrogen-bond acceptors (Lipinski definition) is 6. The van der Waals surface area contributed by atoms with E-state index in [1.165, 1.54) is 11.3 Å². The number of hydrogen-bond donors (Lipinski definition) is 1. The summed E-state index contributed by atoms with van der Waals surface area (Å²) in [6, 6.07) is 7.97. The number of esters is 1. The van der Waals surface area contributed by atoms with Crippen LogP contribution in [0.5, 0.6) is 0 Å². The molecule has 0 unspecified atom stereocenters. The monoisotopic (exact) mass is 444 g/mol. The molecule has 29 heavy (non-hydrogen) atoms. The standard InChI is InChI=1S/C21H20N2O3S3/c1-4-26-21(25)18-13(16-6-5-8-27-16)11-29-20(18)22-19(24)15-10-17-14(7-9-28-17)23(15)12(2)3/h5-12H,4H2,1-3H3,(H,22,24). The van der Waals surface area contributed by atoms with Crippen LogP contribution in [0.1, 0.15) is 47.7 Å². The lowest BCUT2D eigenvalue weighted by Gasteiger charge is -2.14. The molecule has 4 aromatic rings. The fourth-order valence-corrected chi connectivity index (χ4v) is 5.89. The van der Waals surface area contributed by atoms with E-state index < -0.39 is 5.97 Å². The van der Waals surface area contributed by atoms with Crippen LogP contribution in [0.4, 0.5) is 5.00 Å². The molecular weight excluding hydrogens is 424 g/mol. The van der Waals surface area contributed by atoms with Crippen LogP contribution in [0.2, 0.25) is 0 Å². The molecule has 4 heterocycles. The molecule has 0 radical (unpaired) electrons. The number of anilines is 1. The molecule has 0 saturated carbocycles. The van der Waals surface area contributed by atoms with Crippen LogP contribution in [0.3, 0.4) is 0 Å². The Hall–Kier alpha value is -2.42. The second kappa shape index (κ2) is 8.14. The van der Waals surface area contributed by atoms with Crippen molar-refractivity contribution >= 4 is 61.1 Å². The summed E-state index contributed by atoms with van der Waals surface area (Å²) in [7, 11) is 0. The third kappa shape index (κ3) is 3.63. The van der Waals surface area contributed by atoms with Gasteiger partial charge in [0.25, 0.3) is 5.91 Å². The van der Waals surface area contributed by atoms with Crippen molar-refractivity contribution in [3.8, 4) is 10.4 Å². The predicted molar refractivity (Wildman–Crippen MR) is 122 cm³/mol. The number of amides is 1. The van der Waals surface area contributed by atoms with Gasteiger partial charge in [-0.3, -0.25) is 4.79 Å². The van der Waals surface area contributed by atoms with Gasteiger partial charge in [-0.05, 0) is 49.7 Å². The molecule has 0 atom stereocenters. The first-order chi connectivity index (χ1) is 14.0. The van der Waals surface area contributed by atoms with Crippen LogP contribution in [0, 0.1) is 0 Å². The zero-order valence-electron chi connectivity index (χ0n) is 16.2. The van der Waals surface area contributed by atoms with Crippen LogP contribution in [-0.4, -0.2) is 23.1 Å². The fourth-order valence-electron chi connectivity index (χ4n) is 3.31. The largest absolute Gasteiger partial charge is 0.462 e. The van der Waals surface area contributed by atoms with Crippen molar-refractivity contribution in [1.29, 1.82) is 0 Å². The van der Waals surface area contributed by atoms with E-state index in [0.29, 0.717) is 16.3 Å². The van der Waals surface area contributed by atoms with Gasteiger partial charge in [0.05, 0.1) is 16.8 Å². The van der Waals surface area contributed by atoms with Crippen LogP contribution in [-0.2, 0) is 4.74 Å². The van der Waals surface area contributed by atoms with Gasteiger partial charge in [-0.15, -0.1) is 34.0 Å². The molecular formula is C21H20N2O3S3. The van der Waals surface area contributed by atoms with E-state index >= 15 is 0 Å². The lowest BCUT2D eigenvalue weighted by Crippen LogP contribution is -2.19. The third-order valence-corrected chi connectivity index (χ3v) is 7.15. The van der Waals surface area contributed by atoms with Gasteiger partial charge < -0.3 is 14.6 Å². The fraction of sp³-hybridized carbons (Fsp3) is 0.238. The number of ether oxygens (including phenoxy) is 1. The third-order valence-electron chi connectivity index (χ3n) is 4.49. The van der Waals surface area contributed by atoms with Crippen molar-refractivity contribution in [2.24, 2.45) is 0 Å². The van der Waals surface area contributed by atoms with Crippen molar-refractivity contribution in [2.45, 2.75) is 26.8 Å². The average molecular weight is 445 g/mol. The van der Waals surface area contributed by atoms with Gasteiger partial charge in [-0.2, -0.15) is 0 Å². The van der Waals surface area contributed by atoms with Crippen LogP contribution in [0.15, 0.2) is 40.4 Å². The molecule has 0 spiro atoms. The quantitative estimate of drug-likeness (QED) is 0.345. The molecule has 0 aliphatic carbocycles. The summed E-state index contributed by atoms with van der Waals surface area (Å²) in [6.07, 6.45) is 0. The zero-order chi connectivity index (χ0) is 20.5. The van der Waals surface area contributed by atoms with Gasteiger partial charge in [-0.1, -0.05) is 6.07 Å². The van der Waals surface area contributed by atoms with Crippen LogP contribution < -0.4 is 5.32 Å². The highest BCUT2D eigenvalue weighted by molar-refractivity contribution is 7.17. The number of carbonyl (C=O) groups is 2. The van der Waals surface area contributed by atoms with E-state index in [4.69, 9.17) is 4.74 Å². The maximum atomic E-state index is 13.2. The molecule has 1 amide bonds. The Kier molecular flexibility index (Phi) is 5.58. The highest BCUT2D eigenvalue weighted by Gasteiger charge is 2.25. The molecule has 8 heteroatoms. The zero-order valence-corrected chi connectivity index (χ0v) is 18.7. The molecule has 0 aliphatic heterocycles. The first kappa shape index (κ1) is 19.9. The summed E-state index contributed by atoms with van der Waals surface area (Å²) < 4.78 is 8.36. The summed E-state index contributed by atoms with van der Waals surface area (Å²) >= 11 is 4.50. The SMILES string of the molecule is CCOC(=O)c1c(-c2cccs2)csc1NC(=O)c1cc2sccc2n1C(C)C. The first-order valence-corrected chi connectivity index (χ1v) is 11.9. The molecule has 0 saturated heterocycles. The molecule has 5 nitrogen and oxygen atoms in total. The molecule has 4 aromatic heterocycles. The number of aromatic nitrogens is 1. The minimum absolute atomic E-state index is 0.136. The normalized spacial score (nSPS) is 11.3. The smallest absolute Gasteiger partial charge is 0.341 e. The molecule has 150 valence electrons. The molecule has 0 bridgehead atoms. The Balaban J connectivity index is 1.73. The number of rotatable bonds is 6. The average Bonchev–Trinajstić information content (AvgIpc) is 3.43. The minimum Gasteiger partial charge on any atom is -0.462 e. The predicted octanol–water partition coefficient (Wildman–Crippen LogP) is 6.50. The van der Waals surface area contributed by atoms with Gasteiger partial charge in [0.1, 0.15) is 16.3 Å². The Morgan fingerprint density at radius 3 is 2.69 bits per heavy atom. The Morgan fingerprint density at radius 1 is 1.17 bits per heavy atom. The van der Waals surface area contributed by atoms with Crippen LogP contribution in [0.25, 0.3) is 20.7 Å². The van der Waals surface area contributed by atoms with E-state index in [1.54, 1.807) is 29.6 Å². The van der Waals surface area contributed by atoms with E-state index in [0.717, 1.165) is 20.7 Å². The summed E-state index contributed by atoms with van der Waals surface area (Å²) in [6.45, 7) is 6.16. The van der Waals surface area contributed by atoms with Crippen molar-refractivity contribution in [3.63, 3.8) is 0 Å². The number of nitrogens with zero attached hydrogens (tertiary/aromatic N) is 1. The number of thiophene rings is 3. The van der Waals surface area contributed by atoms with Crippen molar-refractivity contribution < 1.29 is 14.3 Å². The number of nitrogens with one attached hydrogen (secondary N) is 1. The van der Waals surface area contributed by atoms with Gasteiger partial charge in [0.2, 0.25) is 0 Å². The highest BCUT2D eigenvalue weighted by atomic mass is 32.1. The van der Waals surface area contributed by atoms with Gasteiger partial charge >= 0.3 is 5.97 Å². The van der Waals surface area contributed by atoms with Gasteiger partial charge in [0, 0.05) is 21.9 Å². The topological polar surface area (TPSA) is 60.3 Å². The van der Waals surface area contributed by atoms with E-state index in [1.807, 2.05) is 45.0 Å². The van der Waals surface area contributed by atoms with Crippen molar-refractivity contribution in [2.75, 3.05) is 11.9 Å². The summed E-state index contributed by atoms with van der Waals surface area (Å²) in [5, 5.41) is 9.35. The van der Waals surface area contributed by atoms with E-state index in [-0.39, 0.29) is 18.6 Å². The summed E-state index contributed by atoms with van der Waals surface area (Å²) in [5.41, 5.74) is 2.84. The molecule has 1 N–H and O–H groups in total. The maximum absolute atomic E-state index is 13.2. The van der Waals surface area contributed by atoms with Crippen molar-refractivity contribution in [3.05, 3.63) is 51.7 Å². The van der Waals surface area contributed by atoms with Gasteiger partial charge in [-0.25, -0.2) is 4.79 Å². The summed E-state index contributed by atoms with van der Waals surface area (Å²) in [5.74, 6) is -0.653. The molecule has 0 aromatic carbocycles. The second-order valence-electron chi connectivity index (χ2n) is 6.67. The molecule has 0 fully saturated rings. The number of carbonyl (C=O) groups excluding carboxylic acids is 2. The van der Waals surface area contributed by atoms with E-state index in [2.05, 4.69) is 19.2 Å². The summed E-state index contributed by atoms with van der Waals surface area (Å²) in [4.78, 5) is 26.8. The molecule has 4 rings (SSSR count). The Labute approximate surface area is 180 Å². The lowest BCUT2D eigenvalue weighted by atomic mass is 10.1. The maximum Gasteiger partial charge on any atom is 0.341 e. The second-order valence-corrected chi connectivity index (χ2v) is 9.44. The number of fused-ring (bicyclic) bond motifs is 1.